The van der Waals surface area contributed by atoms with Crippen LogP contribution in [0.5, 0.6) is 0 Å². The van der Waals surface area contributed by atoms with Crippen molar-refractivity contribution in [2.45, 2.75) is 11.0 Å². The summed E-state index contributed by atoms with van der Waals surface area (Å²) < 4.78 is 24.9. The van der Waals surface area contributed by atoms with Crippen LogP contribution in [0.2, 0.25) is 0 Å². The third kappa shape index (κ3) is 3.30. The summed E-state index contributed by atoms with van der Waals surface area (Å²) in [4.78, 5) is 12.0. The first-order chi connectivity index (χ1) is 14.2. The van der Waals surface area contributed by atoms with Gasteiger partial charge in [-0.3, -0.25) is 0 Å². The zero-order chi connectivity index (χ0) is 19.8. The van der Waals surface area contributed by atoms with E-state index >= 15 is 0 Å². The standard InChI is InChI=1S/C22H13FN2O3S/c23-17-8-4-3-7-16(17)21-24-25-22(28-21)29-12-14-11-19(26)27-18-10-9-13-5-1-2-6-15(13)20(14)18/h1-11H,12H2. The lowest BCUT2D eigenvalue weighted by atomic mass is 10.0. The fraction of sp³-hybridized carbons (Fsp3) is 0.0455. The van der Waals surface area contributed by atoms with Crippen LogP contribution in [0.1, 0.15) is 5.56 Å². The van der Waals surface area contributed by atoms with Crippen LogP contribution in [0.15, 0.2) is 85.6 Å². The number of rotatable bonds is 4. The van der Waals surface area contributed by atoms with E-state index in [-0.39, 0.29) is 11.5 Å². The van der Waals surface area contributed by atoms with Gasteiger partial charge in [-0.05, 0) is 34.5 Å². The highest BCUT2D eigenvalue weighted by Crippen LogP contribution is 2.32. The van der Waals surface area contributed by atoms with E-state index < -0.39 is 11.4 Å². The fourth-order valence-corrected chi connectivity index (χ4v) is 4.03. The Balaban J connectivity index is 1.51. The lowest BCUT2D eigenvalue weighted by Gasteiger charge is -2.07. The minimum Gasteiger partial charge on any atom is -0.423 e. The minimum absolute atomic E-state index is 0.119. The molecule has 0 bridgehead atoms. The molecule has 0 saturated carbocycles. The summed E-state index contributed by atoms with van der Waals surface area (Å²) in [5, 5.41) is 11.2. The topological polar surface area (TPSA) is 69.1 Å². The normalized spacial score (nSPS) is 11.3. The lowest BCUT2D eigenvalue weighted by molar-refractivity contribution is 0.463. The van der Waals surface area contributed by atoms with E-state index in [1.54, 1.807) is 24.3 Å². The Hall–Kier alpha value is -3.45. The molecule has 7 heteroatoms. The van der Waals surface area contributed by atoms with Crippen LogP contribution in [0.3, 0.4) is 0 Å². The number of benzene rings is 3. The number of fused-ring (bicyclic) bond motifs is 3. The van der Waals surface area contributed by atoms with E-state index in [9.17, 15) is 9.18 Å². The molecule has 5 nitrogen and oxygen atoms in total. The molecule has 5 aromatic rings. The van der Waals surface area contributed by atoms with E-state index in [0.717, 1.165) is 21.7 Å². The molecule has 0 atom stereocenters. The molecule has 0 saturated heterocycles. The van der Waals surface area contributed by atoms with Crippen molar-refractivity contribution in [1.82, 2.24) is 10.2 Å². The molecule has 142 valence electrons. The second-order valence-corrected chi connectivity index (χ2v) is 7.32. The van der Waals surface area contributed by atoms with Crippen molar-refractivity contribution in [1.29, 1.82) is 0 Å². The molecular formula is C22H13FN2O3S. The van der Waals surface area contributed by atoms with Crippen molar-refractivity contribution >= 4 is 33.5 Å². The number of aromatic nitrogens is 2. The van der Waals surface area contributed by atoms with Gasteiger partial charge in [0.2, 0.25) is 0 Å². The van der Waals surface area contributed by atoms with Crippen molar-refractivity contribution in [3.05, 3.63) is 88.5 Å². The second-order valence-electron chi connectivity index (χ2n) is 6.39. The largest absolute Gasteiger partial charge is 0.423 e. The summed E-state index contributed by atoms with van der Waals surface area (Å²) in [5.74, 6) is 0.119. The van der Waals surface area contributed by atoms with Gasteiger partial charge in [-0.1, -0.05) is 54.2 Å². The molecule has 0 aliphatic heterocycles. The Labute approximate surface area is 168 Å². The van der Waals surface area contributed by atoms with E-state index in [4.69, 9.17) is 8.83 Å². The predicted molar refractivity (Wildman–Crippen MR) is 109 cm³/mol. The second kappa shape index (κ2) is 7.18. The Morgan fingerprint density at radius 2 is 1.76 bits per heavy atom. The monoisotopic (exact) mass is 404 g/mol. The van der Waals surface area contributed by atoms with E-state index in [1.807, 2.05) is 30.3 Å². The summed E-state index contributed by atoms with van der Waals surface area (Å²) in [6.45, 7) is 0. The van der Waals surface area contributed by atoms with Crippen LogP contribution in [0, 0.1) is 5.82 Å². The SMILES string of the molecule is O=c1cc(CSc2nnc(-c3ccccc3F)o2)c2c(ccc3ccccc32)o1. The summed E-state index contributed by atoms with van der Waals surface area (Å²) in [6.07, 6.45) is 0. The Kier molecular flexibility index (Phi) is 4.37. The summed E-state index contributed by atoms with van der Waals surface area (Å²) >= 11 is 1.28. The van der Waals surface area contributed by atoms with Gasteiger partial charge in [0, 0.05) is 17.2 Å². The van der Waals surface area contributed by atoms with Crippen LogP contribution in [-0.4, -0.2) is 10.2 Å². The average Bonchev–Trinajstić information content (AvgIpc) is 3.20. The van der Waals surface area contributed by atoms with E-state index in [1.165, 1.54) is 23.9 Å². The van der Waals surface area contributed by atoms with Gasteiger partial charge in [0.05, 0.1) is 5.56 Å². The van der Waals surface area contributed by atoms with Gasteiger partial charge in [-0.15, -0.1) is 10.2 Å². The number of nitrogens with zero attached hydrogens (tertiary/aromatic N) is 2. The molecule has 5 rings (SSSR count). The zero-order valence-electron chi connectivity index (χ0n) is 15.0. The molecule has 0 unspecified atom stereocenters. The van der Waals surface area contributed by atoms with Gasteiger partial charge in [0.1, 0.15) is 11.4 Å². The average molecular weight is 404 g/mol. The maximum absolute atomic E-state index is 13.9. The highest BCUT2D eigenvalue weighted by atomic mass is 32.2. The van der Waals surface area contributed by atoms with Crippen molar-refractivity contribution in [3.8, 4) is 11.5 Å². The third-order valence-corrected chi connectivity index (χ3v) is 5.44. The Bertz CT molecular complexity index is 1410. The van der Waals surface area contributed by atoms with Gasteiger partial charge in [-0.25, -0.2) is 9.18 Å². The van der Waals surface area contributed by atoms with Crippen molar-refractivity contribution in [2.75, 3.05) is 0 Å². The molecule has 2 heterocycles. The third-order valence-electron chi connectivity index (χ3n) is 4.58. The van der Waals surface area contributed by atoms with Crippen LogP contribution < -0.4 is 5.63 Å². The molecule has 0 aliphatic carbocycles. The van der Waals surface area contributed by atoms with Crippen molar-refractivity contribution in [2.24, 2.45) is 0 Å². The van der Waals surface area contributed by atoms with Crippen LogP contribution >= 0.6 is 11.8 Å². The van der Waals surface area contributed by atoms with E-state index in [0.29, 0.717) is 16.6 Å². The molecular weight excluding hydrogens is 391 g/mol. The van der Waals surface area contributed by atoms with Crippen LogP contribution in [-0.2, 0) is 5.75 Å². The minimum atomic E-state index is -0.425. The van der Waals surface area contributed by atoms with Crippen LogP contribution in [0.25, 0.3) is 33.2 Å². The quantitative estimate of drug-likeness (QED) is 0.226. The summed E-state index contributed by atoms with van der Waals surface area (Å²) in [7, 11) is 0. The molecule has 0 radical (unpaired) electrons. The zero-order valence-corrected chi connectivity index (χ0v) is 15.8. The molecule has 0 amide bonds. The number of hydrogen-bond acceptors (Lipinski definition) is 6. The molecule has 2 aromatic heterocycles. The first-order valence-electron chi connectivity index (χ1n) is 8.85. The predicted octanol–water partition coefficient (Wildman–Crippen LogP) is 5.43. The number of halogens is 1. The van der Waals surface area contributed by atoms with Gasteiger partial charge >= 0.3 is 5.63 Å². The highest BCUT2D eigenvalue weighted by molar-refractivity contribution is 7.98. The number of thioether (sulfide) groups is 1. The molecule has 0 fully saturated rings. The van der Waals surface area contributed by atoms with Crippen molar-refractivity contribution < 1.29 is 13.2 Å². The van der Waals surface area contributed by atoms with Gasteiger partial charge in [-0.2, -0.15) is 0 Å². The van der Waals surface area contributed by atoms with E-state index in [2.05, 4.69) is 10.2 Å². The lowest BCUT2D eigenvalue weighted by Crippen LogP contribution is -2.00. The summed E-state index contributed by atoms with van der Waals surface area (Å²) in [6, 6.07) is 19.4. The first kappa shape index (κ1) is 17.6. The van der Waals surface area contributed by atoms with Crippen molar-refractivity contribution in [3.63, 3.8) is 0 Å². The summed E-state index contributed by atoms with van der Waals surface area (Å²) in [5.41, 5.74) is 1.18. The molecule has 29 heavy (non-hydrogen) atoms. The van der Waals surface area contributed by atoms with Gasteiger partial charge < -0.3 is 8.83 Å². The maximum Gasteiger partial charge on any atom is 0.336 e. The highest BCUT2D eigenvalue weighted by Gasteiger charge is 2.15. The van der Waals surface area contributed by atoms with Crippen LogP contribution in [0.4, 0.5) is 4.39 Å². The Morgan fingerprint density at radius 3 is 2.66 bits per heavy atom. The first-order valence-corrected chi connectivity index (χ1v) is 9.83. The van der Waals surface area contributed by atoms with Gasteiger partial charge in [0.25, 0.3) is 11.1 Å². The smallest absolute Gasteiger partial charge is 0.336 e. The number of hydrogen-bond donors (Lipinski definition) is 0. The molecule has 0 aliphatic rings. The molecule has 0 spiro atoms. The molecule has 0 N–H and O–H groups in total. The van der Waals surface area contributed by atoms with Gasteiger partial charge in [0.15, 0.2) is 0 Å². The maximum atomic E-state index is 13.9. The molecule has 3 aromatic carbocycles. The Morgan fingerprint density at radius 1 is 0.931 bits per heavy atom. The fourth-order valence-electron chi connectivity index (χ4n) is 3.28.